The summed E-state index contributed by atoms with van der Waals surface area (Å²) in [5, 5.41) is 2.84. The van der Waals surface area contributed by atoms with Crippen LogP contribution in [0.15, 0.2) is 77.7 Å². The molecule has 0 aliphatic heterocycles. The average molecular weight is 552 g/mol. The lowest BCUT2D eigenvalue weighted by Crippen LogP contribution is -2.51. The van der Waals surface area contributed by atoms with Crippen molar-refractivity contribution in [1.29, 1.82) is 0 Å². The van der Waals surface area contributed by atoms with Crippen molar-refractivity contribution in [1.82, 2.24) is 10.2 Å². The number of ether oxygens (including phenoxy) is 1. The number of benzene rings is 3. The second-order valence-electron chi connectivity index (χ2n) is 9.45. The Hall–Kier alpha value is -3.85. The largest absolute Gasteiger partial charge is 0.497 e. The van der Waals surface area contributed by atoms with Crippen molar-refractivity contribution >= 4 is 27.5 Å². The van der Waals surface area contributed by atoms with Gasteiger partial charge in [0.25, 0.3) is 10.0 Å². The van der Waals surface area contributed by atoms with Crippen molar-refractivity contribution in [2.75, 3.05) is 24.5 Å². The molecule has 0 spiro atoms. The molecule has 8 nitrogen and oxygen atoms in total. The minimum atomic E-state index is -4.10. The zero-order valence-corrected chi connectivity index (χ0v) is 24.0. The molecule has 3 aromatic carbocycles. The molecule has 39 heavy (non-hydrogen) atoms. The summed E-state index contributed by atoms with van der Waals surface area (Å²) >= 11 is 0. The molecule has 0 aliphatic carbocycles. The summed E-state index contributed by atoms with van der Waals surface area (Å²) in [6.07, 6.45) is 0.748. The van der Waals surface area contributed by atoms with Gasteiger partial charge in [-0.25, -0.2) is 8.42 Å². The minimum Gasteiger partial charge on any atom is -0.497 e. The van der Waals surface area contributed by atoms with Gasteiger partial charge in [-0.15, -0.1) is 0 Å². The molecule has 0 bridgehead atoms. The van der Waals surface area contributed by atoms with Crippen molar-refractivity contribution in [2.45, 2.75) is 51.6 Å². The van der Waals surface area contributed by atoms with Crippen LogP contribution >= 0.6 is 0 Å². The van der Waals surface area contributed by atoms with Gasteiger partial charge in [0.2, 0.25) is 11.8 Å². The topological polar surface area (TPSA) is 96.0 Å². The fraction of sp³-hybridized carbons (Fsp3) is 0.333. The highest BCUT2D eigenvalue weighted by atomic mass is 32.2. The summed E-state index contributed by atoms with van der Waals surface area (Å²) < 4.78 is 34.2. The van der Waals surface area contributed by atoms with Gasteiger partial charge in [-0.1, -0.05) is 55.0 Å². The maximum absolute atomic E-state index is 14.0. The van der Waals surface area contributed by atoms with Crippen LogP contribution < -0.4 is 14.4 Å². The van der Waals surface area contributed by atoms with Gasteiger partial charge in [-0.2, -0.15) is 0 Å². The van der Waals surface area contributed by atoms with Gasteiger partial charge in [-0.3, -0.25) is 13.9 Å². The Bertz CT molecular complexity index is 1390. The maximum Gasteiger partial charge on any atom is 0.264 e. The highest BCUT2D eigenvalue weighted by Gasteiger charge is 2.33. The third-order valence-corrected chi connectivity index (χ3v) is 8.21. The van der Waals surface area contributed by atoms with Crippen molar-refractivity contribution in [2.24, 2.45) is 0 Å². The summed E-state index contributed by atoms with van der Waals surface area (Å²) in [5.41, 5.74) is 2.85. The summed E-state index contributed by atoms with van der Waals surface area (Å²) in [7, 11) is -2.54. The Morgan fingerprint density at radius 3 is 2.33 bits per heavy atom. The molecule has 0 heterocycles. The van der Waals surface area contributed by atoms with Crippen molar-refractivity contribution in [3.63, 3.8) is 0 Å². The molecule has 0 unspecified atom stereocenters. The molecule has 0 saturated heterocycles. The Balaban J connectivity index is 2.05. The van der Waals surface area contributed by atoms with Crippen LogP contribution in [0.25, 0.3) is 0 Å². The molecule has 208 valence electrons. The van der Waals surface area contributed by atoms with Gasteiger partial charge in [0.05, 0.1) is 17.7 Å². The van der Waals surface area contributed by atoms with Crippen molar-refractivity contribution < 1.29 is 22.7 Å². The molecule has 1 N–H and O–H groups in total. The van der Waals surface area contributed by atoms with Gasteiger partial charge in [0, 0.05) is 13.1 Å². The molecule has 0 fully saturated rings. The highest BCUT2D eigenvalue weighted by molar-refractivity contribution is 7.92. The summed E-state index contributed by atoms with van der Waals surface area (Å²) in [4.78, 5) is 28.4. The predicted octanol–water partition coefficient (Wildman–Crippen LogP) is 4.45. The Labute approximate surface area is 231 Å². The average Bonchev–Trinajstić information content (AvgIpc) is 2.93. The fourth-order valence-electron chi connectivity index (χ4n) is 4.26. The van der Waals surface area contributed by atoms with E-state index in [1.165, 1.54) is 17.0 Å². The molecule has 0 aromatic heterocycles. The first-order chi connectivity index (χ1) is 18.6. The van der Waals surface area contributed by atoms with Crippen LogP contribution in [0, 0.1) is 13.8 Å². The molecule has 3 rings (SSSR count). The van der Waals surface area contributed by atoms with Crippen LogP contribution in [-0.2, 0) is 26.2 Å². The number of sulfonamides is 1. The van der Waals surface area contributed by atoms with E-state index in [1.54, 1.807) is 56.5 Å². The lowest BCUT2D eigenvalue weighted by atomic mass is 10.1. The molecule has 0 aliphatic rings. The summed E-state index contributed by atoms with van der Waals surface area (Å²) in [6.45, 7) is 7.43. The molecule has 0 saturated carbocycles. The number of amides is 2. The third kappa shape index (κ3) is 7.38. The van der Waals surface area contributed by atoms with E-state index < -0.39 is 28.5 Å². The second-order valence-corrected chi connectivity index (χ2v) is 11.3. The zero-order valence-electron chi connectivity index (χ0n) is 23.2. The first-order valence-corrected chi connectivity index (χ1v) is 14.4. The molecule has 0 radical (unpaired) electrons. The Kier molecular flexibility index (Phi) is 10.1. The van der Waals surface area contributed by atoms with E-state index in [-0.39, 0.29) is 17.3 Å². The van der Waals surface area contributed by atoms with Crippen LogP contribution in [-0.4, -0.2) is 51.4 Å². The van der Waals surface area contributed by atoms with Gasteiger partial charge in [-0.05, 0) is 68.7 Å². The van der Waals surface area contributed by atoms with Crippen molar-refractivity contribution in [3.8, 4) is 5.75 Å². The molecule has 1 atom stereocenters. The van der Waals surface area contributed by atoms with Crippen molar-refractivity contribution in [3.05, 3.63) is 89.5 Å². The van der Waals surface area contributed by atoms with Crippen LogP contribution in [0.4, 0.5) is 5.69 Å². The SMILES string of the molecule is CCCNC(=O)[C@@H](C)N(Cc1cccc(OC)c1)C(=O)CN(c1ccc(C)cc1C)S(=O)(=O)c1ccccc1. The smallest absolute Gasteiger partial charge is 0.264 e. The van der Waals surface area contributed by atoms with Gasteiger partial charge in [0.1, 0.15) is 18.3 Å². The van der Waals surface area contributed by atoms with E-state index in [4.69, 9.17) is 4.74 Å². The number of carbonyl (C=O) groups excluding carboxylic acids is 2. The molecule has 9 heteroatoms. The van der Waals surface area contributed by atoms with Crippen LogP contribution in [0.5, 0.6) is 5.75 Å². The predicted molar refractivity (Wildman–Crippen MR) is 153 cm³/mol. The number of rotatable bonds is 12. The fourth-order valence-corrected chi connectivity index (χ4v) is 5.76. The molecule has 3 aromatic rings. The van der Waals surface area contributed by atoms with E-state index in [0.717, 1.165) is 27.4 Å². The Morgan fingerprint density at radius 1 is 0.974 bits per heavy atom. The number of methoxy groups -OCH3 is 1. The van der Waals surface area contributed by atoms with E-state index in [9.17, 15) is 18.0 Å². The van der Waals surface area contributed by atoms with Crippen LogP contribution in [0.2, 0.25) is 0 Å². The number of anilines is 1. The van der Waals surface area contributed by atoms with Crippen LogP contribution in [0.1, 0.15) is 37.0 Å². The summed E-state index contributed by atoms with van der Waals surface area (Å²) in [5.74, 6) is -0.194. The highest BCUT2D eigenvalue weighted by Crippen LogP contribution is 2.28. The normalized spacial score (nSPS) is 11.9. The van der Waals surface area contributed by atoms with Gasteiger partial charge in [0.15, 0.2) is 0 Å². The number of hydrogen-bond acceptors (Lipinski definition) is 5. The first-order valence-electron chi connectivity index (χ1n) is 12.9. The second kappa shape index (κ2) is 13.3. The first kappa shape index (κ1) is 29.7. The Morgan fingerprint density at radius 2 is 1.69 bits per heavy atom. The van der Waals surface area contributed by atoms with E-state index in [1.807, 2.05) is 39.0 Å². The lowest BCUT2D eigenvalue weighted by Gasteiger charge is -2.32. The van der Waals surface area contributed by atoms with Gasteiger partial charge < -0.3 is 15.0 Å². The van der Waals surface area contributed by atoms with E-state index >= 15 is 0 Å². The zero-order chi connectivity index (χ0) is 28.6. The van der Waals surface area contributed by atoms with Crippen LogP contribution in [0.3, 0.4) is 0 Å². The number of nitrogens with zero attached hydrogens (tertiary/aromatic N) is 2. The molecular formula is C30H37N3O5S. The molecule has 2 amide bonds. The van der Waals surface area contributed by atoms with Gasteiger partial charge >= 0.3 is 0 Å². The summed E-state index contributed by atoms with van der Waals surface area (Å²) in [6, 6.07) is 19.8. The number of carbonyl (C=O) groups is 2. The maximum atomic E-state index is 14.0. The minimum absolute atomic E-state index is 0.0749. The monoisotopic (exact) mass is 551 g/mol. The van der Waals surface area contributed by atoms with E-state index in [2.05, 4.69) is 5.32 Å². The standard InChI is InChI=1S/C30H37N3O5S/c1-6-17-31-30(35)24(4)32(20-25-11-10-12-26(19-25)38-5)29(34)21-33(28-16-15-22(2)18-23(28)3)39(36,37)27-13-8-7-9-14-27/h7-16,18-19,24H,6,17,20-21H2,1-5H3,(H,31,35)/t24-/m1/s1. The number of hydrogen-bond donors (Lipinski definition) is 1. The quantitative estimate of drug-likeness (QED) is 0.359. The number of aryl methyl sites for hydroxylation is 2. The van der Waals surface area contributed by atoms with E-state index in [0.29, 0.717) is 18.0 Å². The molecular weight excluding hydrogens is 514 g/mol. The number of nitrogens with one attached hydrogen (secondary N) is 1. The lowest BCUT2D eigenvalue weighted by molar-refractivity contribution is -0.139. The third-order valence-electron chi connectivity index (χ3n) is 6.43.